The summed E-state index contributed by atoms with van der Waals surface area (Å²) in [7, 11) is 0. The van der Waals surface area contributed by atoms with E-state index in [1.54, 1.807) is 13.8 Å². The summed E-state index contributed by atoms with van der Waals surface area (Å²) in [6, 6.07) is 13.2. The van der Waals surface area contributed by atoms with Gasteiger partial charge in [-0.25, -0.2) is 0 Å². The van der Waals surface area contributed by atoms with Crippen molar-refractivity contribution in [2.75, 3.05) is 0 Å². The quantitative estimate of drug-likeness (QED) is 0.580. The van der Waals surface area contributed by atoms with Crippen molar-refractivity contribution >= 4 is 11.3 Å². The van der Waals surface area contributed by atoms with E-state index >= 15 is 0 Å². The van der Waals surface area contributed by atoms with Crippen LogP contribution in [0.5, 0.6) is 0 Å². The van der Waals surface area contributed by atoms with Gasteiger partial charge in [0.05, 0.1) is 9.99 Å². The van der Waals surface area contributed by atoms with Gasteiger partial charge in [-0.05, 0) is 37.4 Å². The van der Waals surface area contributed by atoms with E-state index < -0.39 is 0 Å². The minimum Gasteiger partial charge on any atom is -0.428 e. The van der Waals surface area contributed by atoms with Crippen molar-refractivity contribution < 1.29 is 9.63 Å². The first kappa shape index (κ1) is 13.6. The van der Waals surface area contributed by atoms with Crippen LogP contribution in [0.4, 0.5) is 0 Å². The summed E-state index contributed by atoms with van der Waals surface area (Å²) in [5, 5.41) is 12.2. The highest BCUT2D eigenvalue weighted by atomic mass is 32.1. The van der Waals surface area contributed by atoms with Gasteiger partial charge in [-0.15, -0.1) is 11.3 Å². The molecule has 0 saturated carbocycles. The maximum Gasteiger partial charge on any atom is 0.303 e. The Morgan fingerprint density at radius 2 is 1.67 bits per heavy atom. The van der Waals surface area contributed by atoms with Gasteiger partial charge in [-0.1, -0.05) is 24.3 Å². The maximum absolute atomic E-state index is 12.9. The van der Waals surface area contributed by atoms with Gasteiger partial charge in [0, 0.05) is 4.91 Å². The lowest BCUT2D eigenvalue weighted by Gasteiger charge is -2.08. The number of aromatic nitrogens is 2. The first-order valence-corrected chi connectivity index (χ1v) is 7.46. The lowest BCUT2D eigenvalue weighted by atomic mass is 10.1. The molecule has 0 amide bonds. The molecule has 106 valence electrons. The third-order valence-corrected chi connectivity index (χ3v) is 4.41. The predicted molar refractivity (Wildman–Crippen MR) is 83.2 cm³/mol. The largest absolute Gasteiger partial charge is 0.428 e. The summed E-state index contributed by atoms with van der Waals surface area (Å²) in [5.41, 5.74) is 2.79. The van der Waals surface area contributed by atoms with Gasteiger partial charge in [0.25, 0.3) is 5.69 Å². The third kappa shape index (κ3) is 2.15. The first-order valence-electron chi connectivity index (χ1n) is 6.58. The van der Waals surface area contributed by atoms with Gasteiger partial charge in [-0.3, -0.25) is 0 Å². The maximum atomic E-state index is 12.9. The van der Waals surface area contributed by atoms with Crippen LogP contribution in [-0.2, 0) is 0 Å². The number of hydrogen-bond donors (Lipinski definition) is 1. The van der Waals surface area contributed by atoms with Crippen LogP contribution in [-0.4, -0.2) is 9.94 Å². The molecule has 0 fully saturated rings. The molecular weight excluding hydrogens is 284 g/mol. The van der Waals surface area contributed by atoms with Gasteiger partial charge in [0.1, 0.15) is 16.3 Å². The zero-order valence-electron chi connectivity index (χ0n) is 11.8. The van der Waals surface area contributed by atoms with Crippen molar-refractivity contribution in [2.45, 2.75) is 13.8 Å². The Hall–Kier alpha value is -2.40. The molecule has 0 unspecified atom stereocenters. The van der Waals surface area contributed by atoms with Crippen molar-refractivity contribution in [2.24, 2.45) is 0 Å². The van der Waals surface area contributed by atoms with Crippen LogP contribution in [0.2, 0.25) is 0 Å². The minimum absolute atomic E-state index is 0.465. The second-order valence-electron chi connectivity index (χ2n) is 4.82. The number of rotatable bonds is 2. The Kier molecular flexibility index (Phi) is 3.35. The van der Waals surface area contributed by atoms with Gasteiger partial charge < -0.3 is 5.21 Å². The van der Waals surface area contributed by atoms with E-state index in [9.17, 15) is 10.1 Å². The fraction of sp³-hybridized carbons (Fsp3) is 0.125. The molecule has 3 aromatic rings. The molecule has 2 aromatic heterocycles. The molecule has 0 atom stereocenters. The molecule has 0 radical (unpaired) electrons. The summed E-state index contributed by atoms with van der Waals surface area (Å²) < 4.78 is 2.00. The van der Waals surface area contributed by atoms with E-state index in [-0.39, 0.29) is 0 Å². The standard InChI is InChI=1S/C16H15N2O2S/c1-11-15(13-7-4-3-5-8-13)18(20)16(12(2)17(11)19)14-9-6-10-21-14/h3-10,19H,1-2H3/q+1. The van der Waals surface area contributed by atoms with E-state index in [1.807, 2.05) is 47.8 Å². The average Bonchev–Trinajstić information content (AvgIpc) is 3.00. The van der Waals surface area contributed by atoms with Crippen LogP contribution in [0, 0.1) is 18.8 Å². The molecule has 3 rings (SSSR count). The zero-order chi connectivity index (χ0) is 15.0. The van der Waals surface area contributed by atoms with E-state index in [4.69, 9.17) is 0 Å². The van der Waals surface area contributed by atoms with E-state index in [0.717, 1.165) is 19.6 Å². The van der Waals surface area contributed by atoms with Crippen LogP contribution < -0.4 is 4.43 Å². The Morgan fingerprint density at radius 1 is 1.00 bits per heavy atom. The highest BCUT2D eigenvalue weighted by Gasteiger charge is 2.28. The Bertz CT molecular complexity index is 837. The van der Waals surface area contributed by atoms with Crippen molar-refractivity contribution in [1.29, 1.82) is 0 Å². The molecule has 0 aliphatic heterocycles. The Labute approximate surface area is 126 Å². The molecule has 0 saturated heterocycles. The van der Waals surface area contributed by atoms with E-state index in [0.29, 0.717) is 22.8 Å². The molecule has 0 bridgehead atoms. The minimum atomic E-state index is 0.465. The highest BCUT2D eigenvalue weighted by molar-refractivity contribution is 7.13. The van der Waals surface area contributed by atoms with Gasteiger partial charge in [0.15, 0.2) is 0 Å². The number of hydrogen-bond acceptors (Lipinski definition) is 3. The molecule has 0 aliphatic carbocycles. The average molecular weight is 299 g/mol. The smallest absolute Gasteiger partial charge is 0.303 e. The topological polar surface area (TPSA) is 48.1 Å². The molecule has 2 heterocycles. The SMILES string of the molecule is Cc1c(-c2ccccc2)[n+](=O)c(-c2cccs2)c(C)n1O. The van der Waals surface area contributed by atoms with Gasteiger partial charge in [-0.2, -0.15) is 4.73 Å². The van der Waals surface area contributed by atoms with Crippen LogP contribution in [0.3, 0.4) is 0 Å². The van der Waals surface area contributed by atoms with Crippen molar-refractivity contribution in [3.05, 3.63) is 64.1 Å². The summed E-state index contributed by atoms with van der Waals surface area (Å²) in [6.07, 6.45) is 0. The zero-order valence-corrected chi connectivity index (χ0v) is 12.6. The predicted octanol–water partition coefficient (Wildman–Crippen LogP) is 3.65. The monoisotopic (exact) mass is 299 g/mol. The molecule has 1 N–H and O–H groups in total. The molecule has 0 spiro atoms. The summed E-state index contributed by atoms with van der Waals surface area (Å²) in [4.78, 5) is 13.7. The number of benzene rings is 1. The first-order chi connectivity index (χ1) is 10.1. The summed E-state index contributed by atoms with van der Waals surface area (Å²) >= 11 is 1.48. The lowest BCUT2D eigenvalue weighted by Crippen LogP contribution is -2.28. The van der Waals surface area contributed by atoms with Crippen molar-refractivity contribution in [1.82, 2.24) is 4.73 Å². The molecule has 4 nitrogen and oxygen atoms in total. The summed E-state index contributed by atoms with van der Waals surface area (Å²) in [5.74, 6) is 0. The molecule has 1 aromatic carbocycles. The molecule has 21 heavy (non-hydrogen) atoms. The normalized spacial score (nSPS) is 10.8. The second-order valence-corrected chi connectivity index (χ2v) is 5.77. The summed E-state index contributed by atoms with van der Waals surface area (Å²) in [6.45, 7) is 3.48. The van der Waals surface area contributed by atoms with Gasteiger partial charge >= 0.3 is 5.69 Å². The Morgan fingerprint density at radius 3 is 2.29 bits per heavy atom. The van der Waals surface area contributed by atoms with Crippen molar-refractivity contribution in [3.8, 4) is 21.8 Å². The highest BCUT2D eigenvalue weighted by Crippen LogP contribution is 2.28. The third-order valence-electron chi connectivity index (χ3n) is 3.53. The second kappa shape index (κ2) is 5.18. The number of nitrogens with zero attached hydrogens (tertiary/aromatic N) is 2. The van der Waals surface area contributed by atoms with E-state index in [2.05, 4.69) is 0 Å². The van der Waals surface area contributed by atoms with Crippen molar-refractivity contribution in [3.63, 3.8) is 0 Å². The van der Waals surface area contributed by atoms with Crippen LogP contribution in [0.15, 0.2) is 47.8 Å². The number of thiophene rings is 1. The van der Waals surface area contributed by atoms with Gasteiger partial charge in [0.2, 0.25) is 0 Å². The molecule has 5 heteroatoms. The van der Waals surface area contributed by atoms with Crippen LogP contribution in [0.25, 0.3) is 21.8 Å². The lowest BCUT2D eigenvalue weighted by molar-refractivity contribution is -0.472. The molecular formula is C16H15N2O2S+. The van der Waals surface area contributed by atoms with E-state index in [1.165, 1.54) is 11.3 Å². The fourth-order valence-electron chi connectivity index (χ4n) is 2.47. The van der Waals surface area contributed by atoms with Crippen LogP contribution >= 0.6 is 11.3 Å². The fourth-order valence-corrected chi connectivity index (χ4v) is 3.27. The van der Waals surface area contributed by atoms with Crippen LogP contribution in [0.1, 0.15) is 11.4 Å². The molecule has 0 aliphatic rings. The Balaban J connectivity index is 2.40.